The standard InChI is InChI=1S/C13H22O4/c1-11(14)8-9-13(16)6-3-5-12(15)7-4-10-17-2/h3-10H2,1-2H3. The smallest absolute Gasteiger partial charge is 0.133 e. The zero-order valence-corrected chi connectivity index (χ0v) is 10.8. The van der Waals surface area contributed by atoms with Crippen molar-refractivity contribution in [2.75, 3.05) is 13.7 Å². The predicted octanol–water partition coefficient (Wildman–Crippen LogP) is 2.09. The number of hydrogen-bond acceptors (Lipinski definition) is 4. The first kappa shape index (κ1) is 16.0. The van der Waals surface area contributed by atoms with Crippen LogP contribution in [0.4, 0.5) is 0 Å². The Morgan fingerprint density at radius 3 is 1.88 bits per heavy atom. The van der Waals surface area contributed by atoms with Gasteiger partial charge in [0, 0.05) is 45.8 Å². The summed E-state index contributed by atoms with van der Waals surface area (Å²) in [5.74, 6) is 0.292. The van der Waals surface area contributed by atoms with E-state index >= 15 is 0 Å². The molecule has 0 atom stereocenters. The Morgan fingerprint density at radius 2 is 1.35 bits per heavy atom. The van der Waals surface area contributed by atoms with E-state index in [1.807, 2.05) is 0 Å². The van der Waals surface area contributed by atoms with Gasteiger partial charge in [0.25, 0.3) is 0 Å². The maximum absolute atomic E-state index is 11.3. The minimum atomic E-state index is 0.0361. The summed E-state index contributed by atoms with van der Waals surface area (Å²) in [7, 11) is 1.61. The van der Waals surface area contributed by atoms with Gasteiger partial charge in [0.2, 0.25) is 0 Å². The lowest BCUT2D eigenvalue weighted by Crippen LogP contribution is -2.04. The van der Waals surface area contributed by atoms with Crippen LogP contribution < -0.4 is 0 Å². The molecule has 0 spiro atoms. The molecule has 0 fully saturated rings. The van der Waals surface area contributed by atoms with Gasteiger partial charge in [-0.2, -0.15) is 0 Å². The molecular weight excluding hydrogens is 220 g/mol. The van der Waals surface area contributed by atoms with Gasteiger partial charge in [-0.3, -0.25) is 9.59 Å². The van der Waals surface area contributed by atoms with Crippen molar-refractivity contribution < 1.29 is 19.1 Å². The van der Waals surface area contributed by atoms with Crippen LogP contribution in [0.15, 0.2) is 0 Å². The Balaban J connectivity index is 3.45. The molecule has 0 saturated heterocycles. The number of Topliss-reactive ketones (excluding diaryl/α,β-unsaturated/α-hetero) is 3. The van der Waals surface area contributed by atoms with E-state index in [-0.39, 0.29) is 17.3 Å². The van der Waals surface area contributed by atoms with E-state index in [2.05, 4.69) is 0 Å². The summed E-state index contributed by atoms with van der Waals surface area (Å²) in [6, 6.07) is 0. The molecule has 0 unspecified atom stereocenters. The summed E-state index contributed by atoms with van der Waals surface area (Å²) in [6.07, 6.45) is 3.36. The van der Waals surface area contributed by atoms with E-state index in [1.165, 1.54) is 6.92 Å². The molecule has 0 aromatic heterocycles. The topological polar surface area (TPSA) is 60.4 Å². The second kappa shape index (κ2) is 10.1. The van der Waals surface area contributed by atoms with Crippen LogP contribution in [0.25, 0.3) is 0 Å². The zero-order chi connectivity index (χ0) is 13.1. The molecule has 0 radical (unpaired) electrons. The van der Waals surface area contributed by atoms with Crippen molar-refractivity contribution in [1.29, 1.82) is 0 Å². The normalized spacial score (nSPS) is 10.2. The van der Waals surface area contributed by atoms with Crippen LogP contribution >= 0.6 is 0 Å². The average Bonchev–Trinajstić information content (AvgIpc) is 2.27. The minimum absolute atomic E-state index is 0.0361. The quantitative estimate of drug-likeness (QED) is 0.520. The van der Waals surface area contributed by atoms with Gasteiger partial charge in [-0.15, -0.1) is 0 Å². The Hall–Kier alpha value is -1.03. The molecule has 0 saturated carbocycles. The number of carbonyl (C=O) groups is 3. The molecule has 0 bridgehead atoms. The highest BCUT2D eigenvalue weighted by molar-refractivity contribution is 5.85. The van der Waals surface area contributed by atoms with Crippen LogP contribution in [0, 0.1) is 0 Å². The van der Waals surface area contributed by atoms with Gasteiger partial charge >= 0.3 is 0 Å². The third-order valence-electron chi connectivity index (χ3n) is 2.47. The number of rotatable bonds is 11. The maximum atomic E-state index is 11.3. The van der Waals surface area contributed by atoms with Crippen molar-refractivity contribution in [3.05, 3.63) is 0 Å². The maximum Gasteiger partial charge on any atom is 0.133 e. The van der Waals surface area contributed by atoms with Crippen LogP contribution in [0.1, 0.15) is 51.9 Å². The second-order valence-electron chi connectivity index (χ2n) is 4.23. The van der Waals surface area contributed by atoms with Crippen LogP contribution in [0.5, 0.6) is 0 Å². The van der Waals surface area contributed by atoms with Crippen molar-refractivity contribution in [3.63, 3.8) is 0 Å². The fourth-order valence-corrected chi connectivity index (χ4v) is 1.46. The van der Waals surface area contributed by atoms with Crippen molar-refractivity contribution >= 4 is 17.3 Å². The number of carbonyl (C=O) groups excluding carboxylic acids is 3. The van der Waals surface area contributed by atoms with Gasteiger partial charge in [-0.1, -0.05) is 0 Å². The lowest BCUT2D eigenvalue weighted by atomic mass is 10.0. The lowest BCUT2D eigenvalue weighted by molar-refractivity contribution is -0.123. The van der Waals surface area contributed by atoms with Crippen molar-refractivity contribution in [1.82, 2.24) is 0 Å². The van der Waals surface area contributed by atoms with E-state index in [1.54, 1.807) is 7.11 Å². The van der Waals surface area contributed by atoms with E-state index in [0.29, 0.717) is 45.1 Å². The van der Waals surface area contributed by atoms with Gasteiger partial charge in [0.05, 0.1) is 0 Å². The van der Waals surface area contributed by atoms with Crippen LogP contribution in [-0.2, 0) is 19.1 Å². The van der Waals surface area contributed by atoms with E-state index in [9.17, 15) is 14.4 Å². The highest BCUT2D eigenvalue weighted by Crippen LogP contribution is 2.05. The number of methoxy groups -OCH3 is 1. The number of ether oxygens (including phenoxy) is 1. The highest BCUT2D eigenvalue weighted by atomic mass is 16.5. The summed E-state index contributed by atoms with van der Waals surface area (Å²) in [5, 5.41) is 0. The molecular formula is C13H22O4. The van der Waals surface area contributed by atoms with Gasteiger partial charge in [0.15, 0.2) is 0 Å². The van der Waals surface area contributed by atoms with E-state index in [0.717, 1.165) is 6.42 Å². The summed E-state index contributed by atoms with van der Waals surface area (Å²) < 4.78 is 4.85. The molecule has 0 heterocycles. The SMILES string of the molecule is COCCCC(=O)CCCC(=O)CCC(C)=O. The fourth-order valence-electron chi connectivity index (χ4n) is 1.46. The largest absolute Gasteiger partial charge is 0.385 e. The molecule has 0 aromatic carbocycles. The van der Waals surface area contributed by atoms with Gasteiger partial charge < -0.3 is 9.53 Å². The lowest BCUT2D eigenvalue weighted by Gasteiger charge is -2.01. The molecule has 0 aromatic rings. The van der Waals surface area contributed by atoms with Crippen molar-refractivity contribution in [2.45, 2.75) is 51.9 Å². The first-order chi connectivity index (χ1) is 8.06. The molecule has 0 aliphatic carbocycles. The van der Waals surface area contributed by atoms with Crippen LogP contribution in [0.2, 0.25) is 0 Å². The Kier molecular flexibility index (Phi) is 9.53. The zero-order valence-electron chi connectivity index (χ0n) is 10.8. The summed E-state index contributed by atoms with van der Waals surface area (Å²) >= 11 is 0. The molecule has 0 aliphatic heterocycles. The first-order valence-corrected chi connectivity index (χ1v) is 6.08. The third-order valence-corrected chi connectivity index (χ3v) is 2.47. The molecule has 17 heavy (non-hydrogen) atoms. The number of hydrogen-bond donors (Lipinski definition) is 0. The summed E-state index contributed by atoms with van der Waals surface area (Å²) in [5.41, 5.74) is 0. The van der Waals surface area contributed by atoms with E-state index < -0.39 is 0 Å². The first-order valence-electron chi connectivity index (χ1n) is 6.08. The van der Waals surface area contributed by atoms with Crippen molar-refractivity contribution in [3.8, 4) is 0 Å². The Labute approximate surface area is 103 Å². The van der Waals surface area contributed by atoms with E-state index in [4.69, 9.17) is 4.74 Å². The molecule has 0 rings (SSSR count). The predicted molar refractivity (Wildman–Crippen MR) is 64.9 cm³/mol. The summed E-state index contributed by atoms with van der Waals surface area (Å²) in [6.45, 7) is 2.08. The molecule has 0 amide bonds. The number of ketones is 3. The molecule has 98 valence electrons. The molecule has 4 heteroatoms. The van der Waals surface area contributed by atoms with Crippen molar-refractivity contribution in [2.24, 2.45) is 0 Å². The Morgan fingerprint density at radius 1 is 0.824 bits per heavy atom. The molecule has 0 N–H and O–H groups in total. The fraction of sp³-hybridized carbons (Fsp3) is 0.769. The van der Waals surface area contributed by atoms with Gasteiger partial charge in [0.1, 0.15) is 17.3 Å². The minimum Gasteiger partial charge on any atom is -0.385 e. The van der Waals surface area contributed by atoms with Gasteiger partial charge in [-0.25, -0.2) is 0 Å². The van der Waals surface area contributed by atoms with Gasteiger partial charge in [-0.05, 0) is 19.8 Å². The molecule has 4 nitrogen and oxygen atoms in total. The molecule has 0 aliphatic rings. The Bertz CT molecular complexity index is 258. The van der Waals surface area contributed by atoms with Crippen LogP contribution in [-0.4, -0.2) is 31.1 Å². The highest BCUT2D eigenvalue weighted by Gasteiger charge is 2.06. The summed E-state index contributed by atoms with van der Waals surface area (Å²) in [4.78, 5) is 33.3. The second-order valence-corrected chi connectivity index (χ2v) is 4.23. The van der Waals surface area contributed by atoms with Crippen LogP contribution in [0.3, 0.4) is 0 Å². The average molecular weight is 242 g/mol. The third kappa shape index (κ3) is 11.2. The monoisotopic (exact) mass is 242 g/mol.